The first-order chi connectivity index (χ1) is 13.2. The van der Waals surface area contributed by atoms with Gasteiger partial charge in [0, 0.05) is 6.04 Å². The Kier molecular flexibility index (Phi) is 5.51. The molecule has 1 saturated carbocycles. The van der Waals surface area contributed by atoms with E-state index in [-0.39, 0.29) is 10.0 Å². The molecular formula is C17H17ClN4O3S2. The van der Waals surface area contributed by atoms with E-state index in [1.165, 1.54) is 49.5 Å². The molecule has 0 N–H and O–H groups in total. The molecule has 0 bridgehead atoms. The van der Waals surface area contributed by atoms with Crippen molar-refractivity contribution in [2.75, 3.05) is 7.11 Å². The molecule has 27 heavy (non-hydrogen) atoms. The van der Waals surface area contributed by atoms with Crippen molar-refractivity contribution in [3.8, 4) is 11.6 Å². The summed E-state index contributed by atoms with van der Waals surface area (Å²) < 4.78 is 13.1. The quantitative estimate of drug-likeness (QED) is 0.527. The van der Waals surface area contributed by atoms with Gasteiger partial charge in [0.25, 0.3) is 0 Å². The van der Waals surface area contributed by atoms with Gasteiger partial charge in [-0.1, -0.05) is 42.2 Å². The number of methoxy groups -OCH3 is 1. The second kappa shape index (κ2) is 8.04. The number of carbonyl (C=O) groups excluding carboxylic acids is 1. The maximum Gasteiger partial charge on any atom is 0.351 e. The highest BCUT2D eigenvalue weighted by atomic mass is 35.5. The highest BCUT2D eigenvalue weighted by Crippen LogP contribution is 2.40. The molecule has 1 aliphatic rings. The van der Waals surface area contributed by atoms with Gasteiger partial charge in [-0.15, -0.1) is 10.2 Å². The third-order valence-corrected chi connectivity index (χ3v) is 6.90. The molecule has 3 aromatic rings. The van der Waals surface area contributed by atoms with Gasteiger partial charge >= 0.3 is 5.97 Å². The molecule has 0 unspecified atom stereocenters. The molecule has 0 aliphatic heterocycles. The fourth-order valence-corrected chi connectivity index (χ4v) is 5.55. The van der Waals surface area contributed by atoms with Crippen LogP contribution in [0, 0.1) is 0 Å². The van der Waals surface area contributed by atoms with Crippen molar-refractivity contribution in [1.29, 1.82) is 0 Å². The van der Waals surface area contributed by atoms with Gasteiger partial charge in [-0.2, -0.15) is 0 Å². The molecule has 0 saturated heterocycles. The van der Waals surface area contributed by atoms with E-state index in [2.05, 4.69) is 19.7 Å². The number of thiazole rings is 1. The van der Waals surface area contributed by atoms with Gasteiger partial charge in [0.05, 0.1) is 13.4 Å². The number of carbonyl (C=O) groups is 1. The average Bonchev–Trinajstić information content (AvgIpc) is 3.42. The fourth-order valence-electron chi connectivity index (χ4n) is 3.21. The number of hydrogen-bond acceptors (Lipinski definition) is 8. The predicted octanol–water partition coefficient (Wildman–Crippen LogP) is 5.09. The van der Waals surface area contributed by atoms with Crippen molar-refractivity contribution in [1.82, 2.24) is 19.7 Å². The van der Waals surface area contributed by atoms with Crippen LogP contribution in [0.1, 0.15) is 47.8 Å². The summed E-state index contributed by atoms with van der Waals surface area (Å²) in [7, 11) is 1.32. The lowest BCUT2D eigenvalue weighted by molar-refractivity contribution is 0.0606. The standard InChI is InChI=1S/C17H17ClN4O3S2/c1-24-15(23)12-13(18)19-17(26-12)27-16-21-20-14(11-8-5-9-25-11)22(16)10-6-3-2-4-7-10/h5,8-10H,2-4,6-7H2,1H3. The van der Waals surface area contributed by atoms with Crippen molar-refractivity contribution >= 4 is 40.7 Å². The predicted molar refractivity (Wildman–Crippen MR) is 102 cm³/mol. The van der Waals surface area contributed by atoms with E-state index in [4.69, 9.17) is 20.8 Å². The third-order valence-electron chi connectivity index (χ3n) is 4.46. The monoisotopic (exact) mass is 424 g/mol. The van der Waals surface area contributed by atoms with Crippen LogP contribution in [0.5, 0.6) is 0 Å². The van der Waals surface area contributed by atoms with Gasteiger partial charge in [-0.3, -0.25) is 4.57 Å². The van der Waals surface area contributed by atoms with E-state index >= 15 is 0 Å². The van der Waals surface area contributed by atoms with Crippen LogP contribution in [0.2, 0.25) is 5.15 Å². The van der Waals surface area contributed by atoms with Crippen LogP contribution in [-0.2, 0) is 4.74 Å². The largest absolute Gasteiger partial charge is 0.465 e. The van der Waals surface area contributed by atoms with Gasteiger partial charge in [-0.05, 0) is 36.7 Å². The molecule has 0 atom stereocenters. The topological polar surface area (TPSA) is 83.0 Å². The van der Waals surface area contributed by atoms with Crippen LogP contribution in [0.3, 0.4) is 0 Å². The number of nitrogens with zero attached hydrogens (tertiary/aromatic N) is 4. The van der Waals surface area contributed by atoms with E-state index in [9.17, 15) is 4.79 Å². The van der Waals surface area contributed by atoms with Crippen molar-refractivity contribution in [3.05, 3.63) is 28.4 Å². The smallest absolute Gasteiger partial charge is 0.351 e. The molecule has 0 aromatic carbocycles. The molecular weight excluding hydrogens is 408 g/mol. The number of aromatic nitrogens is 4. The summed E-state index contributed by atoms with van der Waals surface area (Å²) in [6, 6.07) is 4.03. The van der Waals surface area contributed by atoms with Gasteiger partial charge in [0.2, 0.25) is 5.82 Å². The molecule has 10 heteroatoms. The Morgan fingerprint density at radius 3 is 2.89 bits per heavy atom. The zero-order chi connectivity index (χ0) is 18.8. The Morgan fingerprint density at radius 1 is 1.37 bits per heavy atom. The van der Waals surface area contributed by atoms with E-state index in [1.54, 1.807) is 6.26 Å². The van der Waals surface area contributed by atoms with E-state index in [1.807, 2.05) is 12.1 Å². The van der Waals surface area contributed by atoms with E-state index in [0.29, 0.717) is 22.0 Å². The second-order valence-corrected chi connectivity index (χ2v) is 8.71. The van der Waals surface area contributed by atoms with Crippen LogP contribution in [0.25, 0.3) is 11.6 Å². The summed E-state index contributed by atoms with van der Waals surface area (Å²) in [6.07, 6.45) is 7.39. The van der Waals surface area contributed by atoms with Crippen LogP contribution in [0.15, 0.2) is 32.3 Å². The molecule has 0 spiro atoms. The summed E-state index contributed by atoms with van der Waals surface area (Å²) in [5, 5.41) is 9.59. The third kappa shape index (κ3) is 3.76. The highest BCUT2D eigenvalue weighted by molar-refractivity contribution is 8.00. The van der Waals surface area contributed by atoms with Gasteiger partial charge in [0.1, 0.15) is 0 Å². The number of rotatable bonds is 5. The SMILES string of the molecule is COC(=O)c1sc(Sc2nnc(-c3ccco3)n2C2CCCCC2)nc1Cl. The fraction of sp³-hybridized carbons (Fsp3) is 0.412. The Morgan fingerprint density at radius 2 is 2.19 bits per heavy atom. The van der Waals surface area contributed by atoms with E-state index < -0.39 is 5.97 Å². The summed E-state index contributed by atoms with van der Waals surface area (Å²) in [5.41, 5.74) is 0. The van der Waals surface area contributed by atoms with Crippen molar-refractivity contribution in [2.45, 2.75) is 47.6 Å². The summed E-state index contributed by atoms with van der Waals surface area (Å²) in [5.74, 6) is 0.909. The molecule has 4 rings (SSSR count). The Balaban J connectivity index is 1.69. The lowest BCUT2D eigenvalue weighted by Gasteiger charge is -2.25. The minimum Gasteiger partial charge on any atom is -0.465 e. The van der Waals surface area contributed by atoms with Crippen molar-refractivity contribution in [3.63, 3.8) is 0 Å². The molecule has 0 amide bonds. The number of furan rings is 1. The number of ether oxygens (including phenoxy) is 1. The molecule has 3 aromatic heterocycles. The summed E-state index contributed by atoms with van der Waals surface area (Å²) >= 11 is 8.63. The first-order valence-electron chi connectivity index (χ1n) is 8.58. The number of hydrogen-bond donors (Lipinski definition) is 0. The second-order valence-electron chi connectivity index (χ2n) is 6.14. The number of halogens is 1. The van der Waals surface area contributed by atoms with Crippen molar-refractivity contribution < 1.29 is 13.9 Å². The zero-order valence-electron chi connectivity index (χ0n) is 14.6. The molecule has 3 heterocycles. The normalized spacial score (nSPS) is 15.2. The van der Waals surface area contributed by atoms with Gasteiger partial charge in [0.15, 0.2) is 25.3 Å². The van der Waals surface area contributed by atoms with Crippen molar-refractivity contribution in [2.24, 2.45) is 0 Å². The molecule has 0 radical (unpaired) electrons. The van der Waals surface area contributed by atoms with Crippen LogP contribution in [-0.4, -0.2) is 32.8 Å². The van der Waals surface area contributed by atoms with E-state index in [0.717, 1.165) is 18.0 Å². The first-order valence-corrected chi connectivity index (χ1v) is 10.6. The lowest BCUT2D eigenvalue weighted by atomic mass is 9.95. The van der Waals surface area contributed by atoms with Gasteiger partial charge < -0.3 is 9.15 Å². The Hall–Kier alpha value is -1.84. The van der Waals surface area contributed by atoms with Crippen LogP contribution >= 0.6 is 34.7 Å². The van der Waals surface area contributed by atoms with Gasteiger partial charge in [-0.25, -0.2) is 9.78 Å². The number of esters is 1. The van der Waals surface area contributed by atoms with Crippen LogP contribution < -0.4 is 0 Å². The average molecular weight is 425 g/mol. The Bertz CT molecular complexity index is 932. The highest BCUT2D eigenvalue weighted by Gasteiger charge is 2.27. The Labute approximate surface area is 169 Å². The minimum atomic E-state index is -0.491. The maximum atomic E-state index is 11.8. The first kappa shape index (κ1) is 18.5. The van der Waals surface area contributed by atoms with Crippen LogP contribution in [0.4, 0.5) is 0 Å². The maximum absolute atomic E-state index is 11.8. The molecule has 1 fully saturated rings. The molecule has 142 valence electrons. The zero-order valence-corrected chi connectivity index (χ0v) is 16.9. The lowest BCUT2D eigenvalue weighted by Crippen LogP contribution is -2.14. The molecule has 1 aliphatic carbocycles. The minimum absolute atomic E-state index is 0.143. The molecule has 7 nitrogen and oxygen atoms in total. The summed E-state index contributed by atoms with van der Waals surface area (Å²) in [4.78, 5) is 16.3. The summed E-state index contributed by atoms with van der Waals surface area (Å²) in [6.45, 7) is 0.